The van der Waals surface area contributed by atoms with E-state index in [-0.39, 0.29) is 17.7 Å². The van der Waals surface area contributed by atoms with E-state index in [4.69, 9.17) is 0 Å². The Morgan fingerprint density at radius 3 is 2.13 bits per heavy atom. The lowest BCUT2D eigenvalue weighted by molar-refractivity contribution is -0.143. The summed E-state index contributed by atoms with van der Waals surface area (Å²) in [6.07, 6.45) is -4.59. The van der Waals surface area contributed by atoms with Crippen LogP contribution in [-0.4, -0.2) is 17.5 Å². The number of alkyl halides is 6. The van der Waals surface area contributed by atoms with Gasteiger partial charge >= 0.3 is 12.4 Å². The lowest BCUT2D eigenvalue weighted by Crippen LogP contribution is -2.31. The van der Waals surface area contributed by atoms with Crippen LogP contribution in [-0.2, 0) is 18.8 Å². The molecule has 0 spiro atoms. The molecule has 0 aromatic heterocycles. The summed E-state index contributed by atoms with van der Waals surface area (Å²) in [5.41, 5.74) is 5.35. The van der Waals surface area contributed by atoms with Crippen LogP contribution in [0.4, 0.5) is 26.3 Å². The molecule has 2 atom stereocenters. The number of nitrogens with zero attached hydrogens (tertiary/aromatic N) is 1. The van der Waals surface area contributed by atoms with Gasteiger partial charge in [0, 0.05) is 24.2 Å². The van der Waals surface area contributed by atoms with Crippen molar-refractivity contribution in [2.75, 3.05) is 6.54 Å². The van der Waals surface area contributed by atoms with Crippen molar-refractivity contribution >= 4 is 11.1 Å². The molecule has 2 aromatic carbocycles. The Morgan fingerprint density at radius 2 is 1.56 bits per heavy atom. The normalized spacial score (nSPS) is 20.6. The topological polar surface area (TPSA) is 3.24 Å². The number of benzene rings is 2. The maximum atomic E-state index is 13.5. The molecule has 1 nitrogen and oxygen atoms in total. The van der Waals surface area contributed by atoms with Gasteiger partial charge in [-0.25, -0.2) is 0 Å². The van der Waals surface area contributed by atoms with Crippen LogP contribution < -0.4 is 0 Å². The van der Waals surface area contributed by atoms with Crippen LogP contribution in [0.1, 0.15) is 92.2 Å². The number of hydrogen-bond donors (Lipinski definition) is 0. The molecule has 1 fully saturated rings. The van der Waals surface area contributed by atoms with Crippen LogP contribution in [0.3, 0.4) is 0 Å². The van der Waals surface area contributed by atoms with Crippen LogP contribution in [0.25, 0.3) is 11.1 Å². The third-order valence-corrected chi connectivity index (χ3v) is 8.23. The number of rotatable bonds is 6. The Kier molecular flexibility index (Phi) is 8.11. The molecule has 4 rings (SSSR count). The molecule has 0 radical (unpaired) electrons. The van der Waals surface area contributed by atoms with Crippen LogP contribution in [0.15, 0.2) is 60.8 Å². The molecule has 210 valence electrons. The average molecular weight is 548 g/mol. The fourth-order valence-corrected chi connectivity index (χ4v) is 6.00. The summed E-state index contributed by atoms with van der Waals surface area (Å²) in [4.78, 5) is 2.08. The predicted octanol–water partition coefficient (Wildman–Crippen LogP) is 10.0. The quantitative estimate of drug-likeness (QED) is 0.325. The first-order chi connectivity index (χ1) is 18.2. The minimum Gasteiger partial charge on any atom is -0.368 e. The number of allylic oxidation sites excluding steroid dienone is 3. The smallest absolute Gasteiger partial charge is 0.368 e. The van der Waals surface area contributed by atoms with E-state index in [9.17, 15) is 26.3 Å². The van der Waals surface area contributed by atoms with Crippen LogP contribution in [0, 0.1) is 0 Å². The van der Waals surface area contributed by atoms with Gasteiger partial charge in [-0.2, -0.15) is 26.3 Å². The van der Waals surface area contributed by atoms with Crippen molar-refractivity contribution in [3.63, 3.8) is 0 Å². The van der Waals surface area contributed by atoms with Gasteiger partial charge in [0.2, 0.25) is 0 Å². The molecule has 2 aromatic rings. The molecule has 1 saturated heterocycles. The Labute approximate surface area is 226 Å². The van der Waals surface area contributed by atoms with Crippen molar-refractivity contribution < 1.29 is 26.3 Å². The van der Waals surface area contributed by atoms with E-state index in [1.807, 2.05) is 13.8 Å². The SMILES string of the molecule is C=C(C)c1ccc(CC)c(C2=C(CN3C(=C)CC(c4cc(C(F)(F)F)cc(C(F)(F)F)c4)C3C)CCCC2)c1. The fraction of sp³-hybridized carbons (Fsp3) is 0.438. The number of halogens is 6. The molecule has 2 aliphatic rings. The second-order valence-electron chi connectivity index (χ2n) is 10.9. The summed E-state index contributed by atoms with van der Waals surface area (Å²) in [5.74, 6) is -0.522. The van der Waals surface area contributed by atoms with E-state index in [1.165, 1.54) is 22.3 Å². The summed E-state index contributed by atoms with van der Waals surface area (Å²) >= 11 is 0. The van der Waals surface area contributed by atoms with Crippen molar-refractivity contribution in [2.24, 2.45) is 0 Å². The van der Waals surface area contributed by atoms with Gasteiger partial charge in [0.1, 0.15) is 0 Å². The molecule has 0 amide bonds. The lowest BCUT2D eigenvalue weighted by Gasteiger charge is -2.32. The Balaban J connectivity index is 1.70. The Bertz CT molecular complexity index is 1260. The van der Waals surface area contributed by atoms with Crippen LogP contribution in [0.5, 0.6) is 0 Å². The van der Waals surface area contributed by atoms with E-state index in [0.29, 0.717) is 13.0 Å². The molecule has 7 heteroatoms. The zero-order chi connectivity index (χ0) is 28.7. The fourth-order valence-electron chi connectivity index (χ4n) is 6.00. The van der Waals surface area contributed by atoms with E-state index in [2.05, 4.69) is 43.2 Å². The Hall–Kier alpha value is -2.96. The molecule has 2 unspecified atom stereocenters. The summed E-state index contributed by atoms with van der Waals surface area (Å²) < 4.78 is 81.1. The summed E-state index contributed by atoms with van der Waals surface area (Å²) in [5, 5.41) is 0. The maximum absolute atomic E-state index is 13.5. The van der Waals surface area contributed by atoms with Crippen LogP contribution in [0.2, 0.25) is 0 Å². The molecule has 0 saturated carbocycles. The molecule has 0 N–H and O–H groups in total. The minimum atomic E-state index is -4.87. The molecular weight excluding hydrogens is 512 g/mol. The standard InChI is InChI=1S/C32H35F6N/c1-6-22-11-12-23(19(2)3)16-30(22)28-10-8-7-9-24(28)18-39-20(4)13-29(21(39)5)25-14-26(31(33,34)35)17-27(15-25)32(36,37)38/h11-12,14-17,21,29H,2,4,6-10,13,18H2,1,3,5H3. The van der Waals surface area contributed by atoms with Crippen molar-refractivity contribution in [1.82, 2.24) is 4.90 Å². The highest BCUT2D eigenvalue weighted by atomic mass is 19.4. The molecule has 1 aliphatic carbocycles. The molecule has 1 aliphatic heterocycles. The second kappa shape index (κ2) is 10.9. The first kappa shape index (κ1) is 29.0. The zero-order valence-corrected chi connectivity index (χ0v) is 22.7. The zero-order valence-electron chi connectivity index (χ0n) is 22.7. The second-order valence-corrected chi connectivity index (χ2v) is 10.9. The monoisotopic (exact) mass is 547 g/mol. The van der Waals surface area contributed by atoms with Gasteiger partial charge in [-0.15, -0.1) is 0 Å². The molecular formula is C32H35F6N. The van der Waals surface area contributed by atoms with Gasteiger partial charge in [-0.05, 0) is 110 Å². The minimum absolute atomic E-state index is 0.0496. The summed E-state index contributed by atoms with van der Waals surface area (Å²) in [7, 11) is 0. The predicted molar refractivity (Wildman–Crippen MR) is 145 cm³/mol. The van der Waals surface area contributed by atoms with Crippen molar-refractivity contribution in [3.05, 3.63) is 94.2 Å². The third-order valence-electron chi connectivity index (χ3n) is 8.23. The van der Waals surface area contributed by atoms with Crippen molar-refractivity contribution in [2.45, 2.75) is 83.6 Å². The van der Waals surface area contributed by atoms with Gasteiger partial charge in [0.15, 0.2) is 0 Å². The van der Waals surface area contributed by atoms with E-state index in [0.717, 1.165) is 61.1 Å². The highest BCUT2D eigenvalue weighted by Gasteiger charge is 2.40. The number of aryl methyl sites for hydroxylation is 1. The number of likely N-dealkylation sites (tertiary alicyclic amines) is 1. The maximum Gasteiger partial charge on any atom is 0.416 e. The van der Waals surface area contributed by atoms with Gasteiger partial charge in [-0.3, -0.25) is 0 Å². The summed E-state index contributed by atoms with van der Waals surface area (Å²) in [6, 6.07) is 8.08. The first-order valence-corrected chi connectivity index (χ1v) is 13.4. The van der Waals surface area contributed by atoms with E-state index < -0.39 is 29.4 Å². The lowest BCUT2D eigenvalue weighted by atomic mass is 9.83. The highest BCUT2D eigenvalue weighted by molar-refractivity contribution is 5.76. The van der Waals surface area contributed by atoms with Crippen molar-refractivity contribution in [3.8, 4) is 0 Å². The van der Waals surface area contributed by atoms with Gasteiger partial charge in [0.05, 0.1) is 11.1 Å². The van der Waals surface area contributed by atoms with Crippen molar-refractivity contribution in [1.29, 1.82) is 0 Å². The third kappa shape index (κ3) is 6.12. The van der Waals surface area contributed by atoms with Gasteiger partial charge in [-0.1, -0.05) is 37.8 Å². The van der Waals surface area contributed by atoms with Gasteiger partial charge < -0.3 is 4.90 Å². The largest absolute Gasteiger partial charge is 0.416 e. The molecule has 39 heavy (non-hydrogen) atoms. The highest BCUT2D eigenvalue weighted by Crippen LogP contribution is 2.45. The number of hydrogen-bond acceptors (Lipinski definition) is 1. The van der Waals surface area contributed by atoms with E-state index in [1.54, 1.807) is 0 Å². The first-order valence-electron chi connectivity index (χ1n) is 13.4. The van der Waals surface area contributed by atoms with Crippen LogP contribution >= 0.6 is 0 Å². The Morgan fingerprint density at radius 1 is 0.949 bits per heavy atom. The van der Waals surface area contributed by atoms with Gasteiger partial charge in [0.25, 0.3) is 0 Å². The van der Waals surface area contributed by atoms with E-state index >= 15 is 0 Å². The average Bonchev–Trinajstić information content (AvgIpc) is 3.15. The molecule has 1 heterocycles. The molecule has 0 bridgehead atoms. The summed E-state index contributed by atoms with van der Waals surface area (Å²) in [6.45, 7) is 14.8.